The molecule has 266 valence electrons. The van der Waals surface area contributed by atoms with Gasteiger partial charge in [-0.1, -0.05) is 78.1 Å². The number of unbranched alkanes of at least 4 members (excludes halogenated alkanes) is 2. The molecule has 2 fully saturated rings. The average molecular weight is 677 g/mol. The van der Waals surface area contributed by atoms with E-state index in [4.69, 9.17) is 19.6 Å². The van der Waals surface area contributed by atoms with Gasteiger partial charge in [-0.05, 0) is 62.0 Å². The lowest BCUT2D eigenvalue weighted by Gasteiger charge is -2.26. The van der Waals surface area contributed by atoms with Gasteiger partial charge in [0.05, 0.1) is 17.5 Å². The van der Waals surface area contributed by atoms with Crippen LogP contribution in [0.2, 0.25) is 0 Å². The highest BCUT2D eigenvalue weighted by Gasteiger charge is 2.41. The number of carbonyl (C=O) groups is 3. The number of aromatic nitrogens is 2. The van der Waals surface area contributed by atoms with Gasteiger partial charge in [-0.2, -0.15) is 4.98 Å². The standard InChI is InChI=1S/C38H52N4O7/c1-6-7-8-10-24-13-15-25(16-14-24)30-19-26-20-42(38(46)41-36(26)49-30)31-18-17-27(48-31)21-47-37(45)33(23(4)5)40-35(44)29-12-9-11-28(29)34(43)32(39)22(2)3/h13-16,19-20,22-23,27-29,31-33H,6-12,17-18,21,39H2,1-5H3,(H,40,44)/t27-,28?,29?,31+,32?,33?/m0/s1. The predicted octanol–water partition coefficient (Wildman–Crippen LogP) is 5.72. The SMILES string of the molecule is CCCCCc1ccc(-c2cc3cn([C@H]4CC[C@@H](COC(=O)C(NC(=O)C5CCCC5C(=O)C(N)C(C)C)C(C)C)O4)c(=O)nc3o2)cc1. The normalized spacial score (nSPS) is 22.1. The molecule has 6 atom stereocenters. The zero-order chi connectivity index (χ0) is 35.2. The van der Waals surface area contributed by atoms with Crippen LogP contribution in [0.5, 0.6) is 0 Å². The quantitative estimate of drug-likeness (QED) is 0.152. The third-order valence-corrected chi connectivity index (χ3v) is 10.0. The molecule has 3 aromatic rings. The number of amides is 1. The number of ether oxygens (including phenoxy) is 2. The number of fused-ring (bicyclic) bond motifs is 1. The molecule has 2 aliphatic rings. The lowest BCUT2D eigenvalue weighted by atomic mass is 9.84. The number of nitrogens with one attached hydrogen (secondary N) is 1. The third kappa shape index (κ3) is 8.67. The second-order valence-electron chi connectivity index (χ2n) is 14.4. The van der Waals surface area contributed by atoms with E-state index in [1.807, 2.05) is 45.9 Å². The fourth-order valence-corrected chi connectivity index (χ4v) is 6.92. The maximum atomic E-state index is 13.3. The number of ketones is 1. The third-order valence-electron chi connectivity index (χ3n) is 10.0. The van der Waals surface area contributed by atoms with Gasteiger partial charge in [0.2, 0.25) is 11.6 Å². The van der Waals surface area contributed by atoms with E-state index in [-0.39, 0.29) is 35.8 Å². The molecule has 0 spiro atoms. The Morgan fingerprint density at radius 2 is 1.76 bits per heavy atom. The van der Waals surface area contributed by atoms with E-state index in [0.717, 1.165) is 18.4 Å². The van der Waals surface area contributed by atoms with E-state index >= 15 is 0 Å². The molecule has 3 N–H and O–H groups in total. The van der Waals surface area contributed by atoms with Crippen LogP contribution < -0.4 is 16.7 Å². The van der Waals surface area contributed by atoms with Gasteiger partial charge in [-0.25, -0.2) is 9.59 Å². The van der Waals surface area contributed by atoms with Crippen molar-refractivity contribution < 1.29 is 28.3 Å². The number of Topliss-reactive ketones (excluding diaryl/α,β-unsaturated/α-hetero) is 1. The Bertz CT molecular complexity index is 1660. The van der Waals surface area contributed by atoms with Gasteiger partial charge in [0, 0.05) is 23.6 Å². The number of rotatable bonds is 15. The summed E-state index contributed by atoms with van der Waals surface area (Å²) in [7, 11) is 0. The highest BCUT2D eigenvalue weighted by Crippen LogP contribution is 2.35. The summed E-state index contributed by atoms with van der Waals surface area (Å²) in [6.45, 7) is 9.64. The van der Waals surface area contributed by atoms with Gasteiger partial charge in [0.25, 0.3) is 0 Å². The van der Waals surface area contributed by atoms with E-state index in [1.165, 1.54) is 29.4 Å². The molecule has 0 radical (unpaired) electrons. The fourth-order valence-electron chi connectivity index (χ4n) is 6.92. The summed E-state index contributed by atoms with van der Waals surface area (Å²) in [6.07, 6.45) is 8.40. The molecule has 1 aromatic carbocycles. The number of benzene rings is 1. The summed E-state index contributed by atoms with van der Waals surface area (Å²) in [4.78, 5) is 56.7. The van der Waals surface area contributed by atoms with Gasteiger partial charge in [0.1, 0.15) is 24.6 Å². The molecule has 1 aliphatic carbocycles. The van der Waals surface area contributed by atoms with Crippen LogP contribution >= 0.6 is 0 Å². The van der Waals surface area contributed by atoms with Crippen molar-refractivity contribution in [1.29, 1.82) is 0 Å². The topological polar surface area (TPSA) is 156 Å². The number of nitrogens with two attached hydrogens (primary N) is 1. The number of hydrogen-bond acceptors (Lipinski definition) is 9. The fraction of sp³-hybridized carbons (Fsp3) is 0.605. The van der Waals surface area contributed by atoms with Crippen LogP contribution in [0.3, 0.4) is 0 Å². The minimum absolute atomic E-state index is 0.0165. The van der Waals surface area contributed by atoms with Crippen molar-refractivity contribution in [3.05, 3.63) is 52.6 Å². The van der Waals surface area contributed by atoms with Crippen LogP contribution in [0.4, 0.5) is 0 Å². The molecule has 5 rings (SSSR count). The van der Waals surface area contributed by atoms with Crippen molar-refractivity contribution in [2.24, 2.45) is 29.4 Å². The Kier molecular flexibility index (Phi) is 12.1. The van der Waals surface area contributed by atoms with Crippen molar-refractivity contribution in [1.82, 2.24) is 14.9 Å². The minimum Gasteiger partial charge on any atom is -0.461 e. The molecule has 1 aliphatic heterocycles. The second-order valence-corrected chi connectivity index (χ2v) is 14.4. The molecule has 2 aromatic heterocycles. The summed E-state index contributed by atoms with van der Waals surface area (Å²) >= 11 is 0. The predicted molar refractivity (Wildman–Crippen MR) is 186 cm³/mol. The van der Waals surface area contributed by atoms with Crippen LogP contribution in [0.25, 0.3) is 22.4 Å². The summed E-state index contributed by atoms with van der Waals surface area (Å²) in [5.74, 6) is -1.53. The van der Waals surface area contributed by atoms with Gasteiger partial charge >= 0.3 is 11.7 Å². The minimum atomic E-state index is -0.874. The second kappa shape index (κ2) is 16.3. The molecular formula is C38H52N4O7. The Hall–Kier alpha value is -3.83. The average Bonchev–Trinajstić information content (AvgIpc) is 3.85. The molecule has 11 nitrogen and oxygen atoms in total. The van der Waals surface area contributed by atoms with Crippen LogP contribution in [0, 0.1) is 23.7 Å². The Morgan fingerprint density at radius 3 is 2.45 bits per heavy atom. The van der Waals surface area contributed by atoms with E-state index in [0.29, 0.717) is 36.8 Å². The number of furan rings is 1. The maximum absolute atomic E-state index is 13.3. The Balaban J connectivity index is 1.17. The monoisotopic (exact) mass is 676 g/mol. The first-order chi connectivity index (χ1) is 23.5. The summed E-state index contributed by atoms with van der Waals surface area (Å²) in [5, 5.41) is 3.55. The highest BCUT2D eigenvalue weighted by atomic mass is 16.6. The van der Waals surface area contributed by atoms with Crippen molar-refractivity contribution in [2.45, 2.75) is 117 Å². The van der Waals surface area contributed by atoms with Gasteiger partial charge in [-0.3, -0.25) is 14.2 Å². The molecule has 11 heteroatoms. The maximum Gasteiger partial charge on any atom is 0.353 e. The molecule has 4 unspecified atom stereocenters. The number of esters is 1. The number of aryl methyl sites for hydroxylation is 1. The Labute approximate surface area is 288 Å². The first-order valence-electron chi connectivity index (χ1n) is 18.0. The summed E-state index contributed by atoms with van der Waals surface area (Å²) in [6, 6.07) is 8.67. The molecule has 1 saturated heterocycles. The van der Waals surface area contributed by atoms with Crippen LogP contribution in [0.1, 0.15) is 97.8 Å². The molecule has 1 saturated carbocycles. The number of nitrogens with zero attached hydrogens (tertiary/aromatic N) is 2. The summed E-state index contributed by atoms with van der Waals surface area (Å²) < 4.78 is 19.2. The molecule has 49 heavy (non-hydrogen) atoms. The lowest BCUT2D eigenvalue weighted by molar-refractivity contribution is -0.154. The Morgan fingerprint density at radius 1 is 1.02 bits per heavy atom. The van der Waals surface area contributed by atoms with Gasteiger partial charge < -0.3 is 24.9 Å². The first kappa shape index (κ1) is 36.5. The zero-order valence-electron chi connectivity index (χ0n) is 29.5. The van der Waals surface area contributed by atoms with Crippen molar-refractivity contribution in [3.63, 3.8) is 0 Å². The summed E-state index contributed by atoms with van der Waals surface area (Å²) in [5.41, 5.74) is 8.11. The van der Waals surface area contributed by atoms with E-state index in [2.05, 4.69) is 29.4 Å². The number of hydrogen-bond donors (Lipinski definition) is 2. The highest BCUT2D eigenvalue weighted by molar-refractivity contribution is 5.93. The molecule has 3 heterocycles. The van der Waals surface area contributed by atoms with E-state index < -0.39 is 47.9 Å². The molecular weight excluding hydrogens is 624 g/mol. The number of carbonyl (C=O) groups excluding carboxylic acids is 3. The van der Waals surface area contributed by atoms with Crippen LogP contribution in [0.15, 0.2) is 45.7 Å². The molecule has 0 bridgehead atoms. The van der Waals surface area contributed by atoms with E-state index in [9.17, 15) is 19.2 Å². The zero-order valence-corrected chi connectivity index (χ0v) is 29.5. The van der Waals surface area contributed by atoms with Gasteiger partial charge in [0.15, 0.2) is 5.78 Å². The van der Waals surface area contributed by atoms with Crippen molar-refractivity contribution in [2.75, 3.05) is 6.61 Å². The smallest absolute Gasteiger partial charge is 0.353 e. The van der Waals surface area contributed by atoms with Crippen molar-refractivity contribution >= 4 is 28.8 Å². The van der Waals surface area contributed by atoms with Crippen LogP contribution in [-0.4, -0.2) is 52.0 Å². The van der Waals surface area contributed by atoms with Crippen LogP contribution in [-0.2, 0) is 30.3 Å². The molecule has 1 amide bonds. The van der Waals surface area contributed by atoms with E-state index in [1.54, 1.807) is 6.20 Å². The lowest BCUT2D eigenvalue weighted by Crippen LogP contribution is -2.50. The van der Waals surface area contributed by atoms with Gasteiger partial charge in [-0.15, -0.1) is 0 Å². The first-order valence-corrected chi connectivity index (χ1v) is 18.0. The largest absolute Gasteiger partial charge is 0.461 e. The van der Waals surface area contributed by atoms with Crippen molar-refractivity contribution in [3.8, 4) is 11.3 Å².